The predicted octanol–water partition coefficient (Wildman–Crippen LogP) is 2.35. The Morgan fingerprint density at radius 1 is 1.33 bits per heavy atom. The third-order valence-electron chi connectivity index (χ3n) is 2.54. The van der Waals surface area contributed by atoms with Crippen LogP contribution in [0.15, 0.2) is 24.3 Å². The maximum atomic E-state index is 11.1. The second-order valence-corrected chi connectivity index (χ2v) is 5.02. The smallest absolute Gasteiger partial charge is 0.355 e. The summed E-state index contributed by atoms with van der Waals surface area (Å²) in [6, 6.07) is 7.76. The number of carboxylic acid groups (broad SMARTS) is 1. The van der Waals surface area contributed by atoms with E-state index in [1.54, 1.807) is 0 Å². The Morgan fingerprint density at radius 2 is 2.00 bits per heavy atom. The van der Waals surface area contributed by atoms with Crippen LogP contribution in [0.3, 0.4) is 0 Å². The van der Waals surface area contributed by atoms with E-state index in [0.717, 1.165) is 11.1 Å². The van der Waals surface area contributed by atoms with E-state index in [1.807, 2.05) is 31.2 Å². The van der Waals surface area contributed by atoms with Crippen molar-refractivity contribution in [2.45, 2.75) is 13.3 Å². The lowest BCUT2D eigenvalue weighted by molar-refractivity contribution is 0.0690. The molecule has 2 rings (SSSR count). The Hall–Kier alpha value is -1.72. The van der Waals surface area contributed by atoms with Crippen LogP contribution in [0.2, 0.25) is 0 Å². The molecule has 2 N–H and O–H groups in total. The Labute approximate surface area is 109 Å². The molecule has 0 aliphatic heterocycles. The Kier molecular flexibility index (Phi) is 3.74. The van der Waals surface area contributed by atoms with Crippen molar-refractivity contribution in [2.75, 3.05) is 6.61 Å². The van der Waals surface area contributed by atoms with Crippen molar-refractivity contribution in [3.05, 3.63) is 40.4 Å². The van der Waals surface area contributed by atoms with Crippen LogP contribution in [-0.2, 0) is 6.42 Å². The zero-order valence-electron chi connectivity index (χ0n) is 9.88. The maximum absolute atomic E-state index is 11.1. The summed E-state index contributed by atoms with van der Waals surface area (Å²) in [6.45, 7) is 1.92. The lowest BCUT2D eigenvalue weighted by Crippen LogP contribution is -2.02. The van der Waals surface area contributed by atoms with Crippen molar-refractivity contribution < 1.29 is 15.0 Å². The highest BCUT2D eigenvalue weighted by Gasteiger charge is 2.17. The van der Waals surface area contributed by atoms with Gasteiger partial charge >= 0.3 is 5.97 Å². The van der Waals surface area contributed by atoms with Gasteiger partial charge in [-0.3, -0.25) is 0 Å². The number of hydrogen-bond donors (Lipinski definition) is 2. The van der Waals surface area contributed by atoms with Gasteiger partial charge in [0.15, 0.2) is 5.69 Å². The van der Waals surface area contributed by atoms with Crippen LogP contribution < -0.4 is 0 Å². The van der Waals surface area contributed by atoms with E-state index in [4.69, 9.17) is 10.2 Å². The lowest BCUT2D eigenvalue weighted by atomic mass is 10.2. The quantitative estimate of drug-likeness (QED) is 0.888. The summed E-state index contributed by atoms with van der Waals surface area (Å²) < 4.78 is 0. The molecule has 0 bridgehead atoms. The third kappa shape index (κ3) is 2.57. The van der Waals surface area contributed by atoms with Crippen LogP contribution in [0.1, 0.15) is 20.9 Å². The van der Waals surface area contributed by atoms with Gasteiger partial charge in [-0.05, 0) is 6.92 Å². The SMILES string of the molecule is Cc1ccc(-c2nc(C(=O)O)c(CCO)s2)cc1. The number of aromatic carboxylic acids is 1. The highest BCUT2D eigenvalue weighted by atomic mass is 32.1. The fourth-order valence-electron chi connectivity index (χ4n) is 1.61. The van der Waals surface area contributed by atoms with E-state index in [9.17, 15) is 4.79 Å². The van der Waals surface area contributed by atoms with E-state index >= 15 is 0 Å². The van der Waals surface area contributed by atoms with E-state index < -0.39 is 5.97 Å². The number of hydrogen-bond acceptors (Lipinski definition) is 4. The molecule has 0 aliphatic carbocycles. The van der Waals surface area contributed by atoms with Gasteiger partial charge in [0.25, 0.3) is 0 Å². The van der Waals surface area contributed by atoms with Crippen LogP contribution >= 0.6 is 11.3 Å². The van der Waals surface area contributed by atoms with Crippen molar-refractivity contribution in [3.63, 3.8) is 0 Å². The molecule has 0 unspecified atom stereocenters. The molecule has 0 radical (unpaired) electrons. The standard InChI is InChI=1S/C13H13NO3S/c1-8-2-4-9(5-3-8)12-14-11(13(16)17)10(18-12)6-7-15/h2-5,15H,6-7H2,1H3,(H,16,17). The molecule has 94 valence electrons. The van der Waals surface area contributed by atoms with Crippen molar-refractivity contribution in [1.82, 2.24) is 4.98 Å². The number of nitrogens with zero attached hydrogens (tertiary/aromatic N) is 1. The van der Waals surface area contributed by atoms with Gasteiger partial charge in [0.2, 0.25) is 0 Å². The zero-order chi connectivity index (χ0) is 13.1. The number of aromatic nitrogens is 1. The molecule has 1 aromatic heterocycles. The van der Waals surface area contributed by atoms with Crippen molar-refractivity contribution >= 4 is 17.3 Å². The van der Waals surface area contributed by atoms with Crippen molar-refractivity contribution in [1.29, 1.82) is 0 Å². The largest absolute Gasteiger partial charge is 0.476 e. The predicted molar refractivity (Wildman–Crippen MR) is 70.0 cm³/mol. The number of aliphatic hydroxyl groups excluding tert-OH is 1. The highest BCUT2D eigenvalue weighted by Crippen LogP contribution is 2.28. The van der Waals surface area contributed by atoms with Gasteiger partial charge in [0, 0.05) is 23.5 Å². The molecular formula is C13H13NO3S. The minimum absolute atomic E-state index is 0.0459. The van der Waals surface area contributed by atoms with Crippen molar-refractivity contribution in [2.24, 2.45) is 0 Å². The number of carboxylic acids is 1. The molecule has 0 atom stereocenters. The third-order valence-corrected chi connectivity index (χ3v) is 3.70. The second kappa shape index (κ2) is 5.29. The molecule has 0 saturated carbocycles. The average molecular weight is 263 g/mol. The summed E-state index contributed by atoms with van der Waals surface area (Å²) in [6.07, 6.45) is 0.325. The van der Waals surface area contributed by atoms with Crippen LogP contribution in [0.5, 0.6) is 0 Å². The number of carbonyl (C=O) groups is 1. The summed E-state index contributed by atoms with van der Waals surface area (Å²) in [7, 11) is 0. The summed E-state index contributed by atoms with van der Waals surface area (Å²) in [4.78, 5) is 15.8. The first-order valence-corrected chi connectivity index (χ1v) is 6.34. The molecule has 0 fully saturated rings. The number of aliphatic hydroxyl groups is 1. The first-order valence-electron chi connectivity index (χ1n) is 5.52. The first kappa shape index (κ1) is 12.7. The number of aryl methyl sites for hydroxylation is 1. The molecule has 1 aromatic carbocycles. The maximum Gasteiger partial charge on any atom is 0.355 e. The molecule has 2 aromatic rings. The topological polar surface area (TPSA) is 70.4 Å². The Bertz CT molecular complexity index is 560. The van der Waals surface area contributed by atoms with Crippen molar-refractivity contribution in [3.8, 4) is 10.6 Å². The fourth-order valence-corrected chi connectivity index (χ4v) is 2.66. The number of benzene rings is 1. The van der Waals surface area contributed by atoms with Crippen LogP contribution in [-0.4, -0.2) is 27.8 Å². The minimum atomic E-state index is -1.05. The fraction of sp³-hybridized carbons (Fsp3) is 0.231. The van der Waals surface area contributed by atoms with Gasteiger partial charge in [-0.2, -0.15) is 0 Å². The molecule has 18 heavy (non-hydrogen) atoms. The number of thiazole rings is 1. The zero-order valence-corrected chi connectivity index (χ0v) is 10.7. The lowest BCUT2D eigenvalue weighted by Gasteiger charge is -1.96. The molecule has 1 heterocycles. The van der Waals surface area contributed by atoms with Crippen LogP contribution in [0.4, 0.5) is 0 Å². The van der Waals surface area contributed by atoms with Gasteiger partial charge in [-0.1, -0.05) is 29.8 Å². The van der Waals surface area contributed by atoms with Crippen LogP contribution in [0.25, 0.3) is 10.6 Å². The molecule has 0 spiro atoms. The second-order valence-electron chi connectivity index (χ2n) is 3.94. The summed E-state index contributed by atoms with van der Waals surface area (Å²) in [5, 5.41) is 18.7. The molecule has 5 heteroatoms. The number of rotatable bonds is 4. The monoisotopic (exact) mass is 263 g/mol. The molecule has 0 saturated heterocycles. The molecular weight excluding hydrogens is 250 g/mol. The summed E-state index contributed by atoms with van der Waals surface area (Å²) in [5.74, 6) is -1.05. The van der Waals surface area contributed by atoms with Gasteiger partial charge in [0.05, 0.1) is 0 Å². The van der Waals surface area contributed by atoms with E-state index in [-0.39, 0.29) is 12.3 Å². The Morgan fingerprint density at radius 3 is 2.56 bits per heavy atom. The average Bonchev–Trinajstić information content (AvgIpc) is 2.75. The van der Waals surface area contributed by atoms with Gasteiger partial charge in [0.1, 0.15) is 5.01 Å². The van der Waals surface area contributed by atoms with Gasteiger partial charge in [-0.15, -0.1) is 11.3 Å². The van der Waals surface area contributed by atoms with Gasteiger partial charge < -0.3 is 10.2 Å². The normalized spacial score (nSPS) is 10.6. The van der Waals surface area contributed by atoms with Crippen LogP contribution in [0, 0.1) is 6.92 Å². The Balaban J connectivity index is 2.42. The molecule has 0 aliphatic rings. The highest BCUT2D eigenvalue weighted by molar-refractivity contribution is 7.15. The first-order chi connectivity index (χ1) is 8.61. The van der Waals surface area contributed by atoms with E-state index in [1.165, 1.54) is 11.3 Å². The van der Waals surface area contributed by atoms with Gasteiger partial charge in [-0.25, -0.2) is 9.78 Å². The molecule has 0 amide bonds. The van der Waals surface area contributed by atoms with E-state index in [2.05, 4.69) is 4.98 Å². The minimum Gasteiger partial charge on any atom is -0.476 e. The summed E-state index contributed by atoms with van der Waals surface area (Å²) >= 11 is 1.32. The van der Waals surface area contributed by atoms with E-state index in [0.29, 0.717) is 16.3 Å². The summed E-state index contributed by atoms with van der Waals surface area (Å²) in [5.41, 5.74) is 2.09. The molecule has 4 nitrogen and oxygen atoms in total.